The van der Waals surface area contributed by atoms with E-state index >= 15 is 0 Å². The Balaban J connectivity index is 2.03. The molecule has 1 aromatic rings. The lowest BCUT2D eigenvalue weighted by molar-refractivity contribution is -0.132. The molecule has 1 aliphatic heterocycles. The first-order valence-corrected chi connectivity index (χ1v) is 8.48. The highest BCUT2D eigenvalue weighted by atomic mass is 16.2. The predicted molar refractivity (Wildman–Crippen MR) is 97.5 cm³/mol. The average Bonchev–Trinajstić information content (AvgIpc) is 2.59. The number of benzene rings is 1. The number of nitrogens with zero attached hydrogens (tertiary/aromatic N) is 4. The van der Waals surface area contributed by atoms with Crippen LogP contribution in [0.5, 0.6) is 0 Å². The second-order valence-electron chi connectivity index (χ2n) is 6.33. The molecule has 1 heterocycles. The summed E-state index contributed by atoms with van der Waals surface area (Å²) in [6, 6.07) is 7.68. The Morgan fingerprint density at radius 2 is 1.54 bits per heavy atom. The third-order valence-corrected chi connectivity index (χ3v) is 4.52. The van der Waals surface area contributed by atoms with Gasteiger partial charge in [-0.2, -0.15) is 0 Å². The monoisotopic (exact) mass is 332 g/mol. The van der Waals surface area contributed by atoms with Gasteiger partial charge in [0.2, 0.25) is 11.8 Å². The molecule has 2 rings (SSSR count). The van der Waals surface area contributed by atoms with E-state index in [1.165, 1.54) is 6.92 Å². The quantitative estimate of drug-likeness (QED) is 0.815. The second kappa shape index (κ2) is 8.15. The molecule has 0 spiro atoms. The molecule has 0 atom stereocenters. The van der Waals surface area contributed by atoms with Gasteiger partial charge in [-0.15, -0.1) is 0 Å². The Hall–Kier alpha value is -2.08. The van der Waals surface area contributed by atoms with Crippen molar-refractivity contribution in [2.24, 2.45) is 0 Å². The van der Waals surface area contributed by atoms with Crippen LogP contribution in [0.2, 0.25) is 0 Å². The first-order valence-electron chi connectivity index (χ1n) is 8.48. The van der Waals surface area contributed by atoms with Crippen LogP contribution in [0.4, 0.5) is 11.4 Å². The minimum absolute atomic E-state index is 0.0117. The largest absolute Gasteiger partial charge is 0.378 e. The van der Waals surface area contributed by atoms with Gasteiger partial charge in [-0.05, 0) is 30.8 Å². The molecule has 0 saturated carbocycles. The first kappa shape index (κ1) is 18.3. The van der Waals surface area contributed by atoms with Gasteiger partial charge in [0.05, 0.1) is 0 Å². The van der Waals surface area contributed by atoms with Crippen molar-refractivity contribution in [1.29, 1.82) is 0 Å². The van der Waals surface area contributed by atoms with Crippen LogP contribution < -0.4 is 9.80 Å². The van der Waals surface area contributed by atoms with Crippen LogP contribution in [-0.4, -0.2) is 75.0 Å². The number of amides is 2. The summed E-state index contributed by atoms with van der Waals surface area (Å²) < 4.78 is 0. The molecule has 0 aliphatic carbocycles. The third kappa shape index (κ3) is 4.47. The van der Waals surface area contributed by atoms with Gasteiger partial charge in [0, 0.05) is 58.6 Å². The van der Waals surface area contributed by atoms with Gasteiger partial charge < -0.3 is 19.6 Å². The van der Waals surface area contributed by atoms with E-state index < -0.39 is 0 Å². The number of hydrogen-bond donors (Lipinski definition) is 0. The van der Waals surface area contributed by atoms with E-state index in [4.69, 9.17) is 0 Å². The topological polar surface area (TPSA) is 47.1 Å². The highest BCUT2D eigenvalue weighted by Crippen LogP contribution is 2.20. The molecule has 0 bridgehead atoms. The lowest BCUT2D eigenvalue weighted by Gasteiger charge is -2.35. The zero-order valence-electron chi connectivity index (χ0n) is 15.2. The van der Waals surface area contributed by atoms with Gasteiger partial charge in [-0.1, -0.05) is 6.92 Å². The second-order valence-corrected chi connectivity index (χ2v) is 6.33. The first-order chi connectivity index (χ1) is 11.4. The Labute approximate surface area is 144 Å². The van der Waals surface area contributed by atoms with Gasteiger partial charge in [-0.25, -0.2) is 0 Å². The summed E-state index contributed by atoms with van der Waals surface area (Å²) in [5.41, 5.74) is 1.82. The summed E-state index contributed by atoms with van der Waals surface area (Å²) in [5.74, 6) is -0.106. The van der Waals surface area contributed by atoms with Gasteiger partial charge in [0.15, 0.2) is 0 Å². The van der Waals surface area contributed by atoms with Crippen molar-refractivity contribution < 1.29 is 9.59 Å². The Kier molecular flexibility index (Phi) is 6.20. The number of hydrogen-bond acceptors (Lipinski definition) is 4. The lowest BCUT2D eigenvalue weighted by Crippen LogP contribution is -2.51. The molecule has 1 fully saturated rings. The van der Waals surface area contributed by atoms with Crippen molar-refractivity contribution in [3.8, 4) is 0 Å². The maximum Gasteiger partial charge on any atom is 0.242 e. The SMILES string of the molecule is CCN1CCN(C(=O)CN(C(C)=O)c2ccc(N(C)C)cc2)CC1. The summed E-state index contributed by atoms with van der Waals surface area (Å²) in [7, 11) is 3.94. The predicted octanol–water partition coefficient (Wildman–Crippen LogP) is 1.27. The van der Waals surface area contributed by atoms with Crippen LogP contribution >= 0.6 is 0 Å². The molecule has 0 N–H and O–H groups in total. The van der Waals surface area contributed by atoms with Crippen LogP contribution in [0.3, 0.4) is 0 Å². The van der Waals surface area contributed by atoms with Crippen molar-refractivity contribution in [1.82, 2.24) is 9.80 Å². The van der Waals surface area contributed by atoms with Crippen molar-refractivity contribution in [2.75, 3.05) is 63.2 Å². The van der Waals surface area contributed by atoms with Gasteiger partial charge >= 0.3 is 0 Å². The summed E-state index contributed by atoms with van der Waals surface area (Å²) in [4.78, 5) is 32.3. The fourth-order valence-corrected chi connectivity index (χ4v) is 2.86. The van der Waals surface area contributed by atoms with E-state index in [1.807, 2.05) is 48.2 Å². The summed E-state index contributed by atoms with van der Waals surface area (Å²) in [5, 5.41) is 0. The number of carbonyl (C=O) groups excluding carboxylic acids is 2. The van der Waals surface area contributed by atoms with E-state index in [1.54, 1.807) is 4.90 Å². The van der Waals surface area contributed by atoms with Crippen molar-refractivity contribution in [3.05, 3.63) is 24.3 Å². The standard InChI is InChI=1S/C18H28N4O2/c1-5-20-10-12-21(13-11-20)18(24)14-22(15(2)23)17-8-6-16(7-9-17)19(3)4/h6-9H,5,10-14H2,1-4H3. The van der Waals surface area contributed by atoms with Crippen LogP contribution in [0.15, 0.2) is 24.3 Å². The molecular weight excluding hydrogens is 304 g/mol. The fourth-order valence-electron chi connectivity index (χ4n) is 2.86. The normalized spacial score (nSPS) is 15.2. The highest BCUT2D eigenvalue weighted by molar-refractivity contribution is 5.97. The minimum atomic E-state index is -0.117. The molecular formula is C18H28N4O2. The number of piperazine rings is 1. The Morgan fingerprint density at radius 1 is 1.00 bits per heavy atom. The highest BCUT2D eigenvalue weighted by Gasteiger charge is 2.23. The Morgan fingerprint density at radius 3 is 2.00 bits per heavy atom. The maximum absolute atomic E-state index is 12.6. The molecule has 6 heteroatoms. The van der Waals surface area contributed by atoms with E-state index in [-0.39, 0.29) is 18.4 Å². The maximum atomic E-state index is 12.6. The molecule has 1 aromatic carbocycles. The molecule has 6 nitrogen and oxygen atoms in total. The van der Waals surface area contributed by atoms with Crippen LogP contribution in [0.1, 0.15) is 13.8 Å². The van der Waals surface area contributed by atoms with Crippen LogP contribution in [0, 0.1) is 0 Å². The van der Waals surface area contributed by atoms with E-state index in [9.17, 15) is 9.59 Å². The lowest BCUT2D eigenvalue weighted by atomic mass is 10.2. The van der Waals surface area contributed by atoms with Crippen molar-refractivity contribution >= 4 is 23.2 Å². The average molecular weight is 332 g/mol. The molecule has 1 aliphatic rings. The zero-order valence-corrected chi connectivity index (χ0v) is 15.2. The molecule has 132 valence electrons. The molecule has 0 radical (unpaired) electrons. The van der Waals surface area contributed by atoms with Crippen LogP contribution in [-0.2, 0) is 9.59 Å². The summed E-state index contributed by atoms with van der Waals surface area (Å²) in [6.45, 7) is 8.02. The number of likely N-dealkylation sites (N-methyl/N-ethyl adjacent to an activating group) is 1. The molecule has 0 aromatic heterocycles. The third-order valence-electron chi connectivity index (χ3n) is 4.52. The molecule has 1 saturated heterocycles. The fraction of sp³-hybridized carbons (Fsp3) is 0.556. The van der Waals surface area contributed by atoms with Gasteiger partial charge in [0.1, 0.15) is 6.54 Å². The van der Waals surface area contributed by atoms with Crippen molar-refractivity contribution in [2.45, 2.75) is 13.8 Å². The number of anilines is 2. The Bertz CT molecular complexity index is 563. The van der Waals surface area contributed by atoms with E-state index in [0.29, 0.717) is 0 Å². The van der Waals surface area contributed by atoms with Crippen molar-refractivity contribution in [3.63, 3.8) is 0 Å². The number of carbonyl (C=O) groups is 2. The van der Waals surface area contributed by atoms with Crippen LogP contribution in [0.25, 0.3) is 0 Å². The summed E-state index contributed by atoms with van der Waals surface area (Å²) in [6.07, 6.45) is 0. The molecule has 2 amide bonds. The number of rotatable bonds is 5. The van der Waals surface area contributed by atoms with E-state index in [0.717, 1.165) is 44.1 Å². The van der Waals surface area contributed by atoms with Gasteiger partial charge in [-0.3, -0.25) is 9.59 Å². The van der Waals surface area contributed by atoms with E-state index in [2.05, 4.69) is 11.8 Å². The molecule has 24 heavy (non-hydrogen) atoms. The smallest absolute Gasteiger partial charge is 0.242 e. The minimum Gasteiger partial charge on any atom is -0.378 e. The van der Waals surface area contributed by atoms with Gasteiger partial charge in [0.25, 0.3) is 0 Å². The summed E-state index contributed by atoms with van der Waals surface area (Å²) >= 11 is 0. The zero-order chi connectivity index (χ0) is 17.7. The molecule has 0 unspecified atom stereocenters.